The minimum Gasteiger partial charge on any atom is -0.492 e. The summed E-state index contributed by atoms with van der Waals surface area (Å²) >= 11 is 1.39. The monoisotopic (exact) mass is 437 g/mol. The molecule has 31 heavy (non-hydrogen) atoms. The second-order valence-corrected chi connectivity index (χ2v) is 8.26. The first-order valence-corrected chi connectivity index (χ1v) is 11.6. The highest BCUT2D eigenvalue weighted by Gasteiger charge is 2.20. The molecule has 8 heteroatoms. The van der Waals surface area contributed by atoms with E-state index in [-0.39, 0.29) is 11.7 Å². The zero-order valence-corrected chi connectivity index (χ0v) is 18.5. The Kier molecular flexibility index (Phi) is 7.22. The van der Waals surface area contributed by atoms with Gasteiger partial charge >= 0.3 is 0 Å². The molecule has 2 heterocycles. The summed E-state index contributed by atoms with van der Waals surface area (Å²) in [6, 6.07) is 17.5. The van der Waals surface area contributed by atoms with Gasteiger partial charge in [0.2, 0.25) is 5.91 Å². The minimum atomic E-state index is -0.110. The van der Waals surface area contributed by atoms with Gasteiger partial charge in [0.15, 0.2) is 11.0 Å². The van der Waals surface area contributed by atoms with E-state index in [2.05, 4.69) is 25.0 Å². The molecule has 1 N–H and O–H groups in total. The van der Waals surface area contributed by atoms with Crippen molar-refractivity contribution >= 4 is 23.4 Å². The number of likely N-dealkylation sites (tertiary alicyclic amines) is 1. The lowest BCUT2D eigenvalue weighted by Crippen LogP contribution is -2.21. The number of ether oxygens (including phenoxy) is 1. The molecule has 0 radical (unpaired) electrons. The molecule has 1 saturated heterocycles. The maximum absolute atomic E-state index is 12.6. The molecule has 2 aromatic carbocycles. The molecule has 0 saturated carbocycles. The summed E-state index contributed by atoms with van der Waals surface area (Å²) in [7, 11) is 0. The van der Waals surface area contributed by atoms with Crippen LogP contribution in [-0.4, -0.2) is 51.0 Å². The van der Waals surface area contributed by atoms with E-state index in [1.807, 2.05) is 61.5 Å². The van der Waals surface area contributed by atoms with E-state index in [4.69, 9.17) is 4.74 Å². The first-order valence-electron chi connectivity index (χ1n) is 10.6. The Hall–Kier alpha value is -2.84. The second kappa shape index (κ2) is 10.5. The second-order valence-electron chi connectivity index (χ2n) is 7.32. The lowest BCUT2D eigenvalue weighted by molar-refractivity contribution is -0.113. The van der Waals surface area contributed by atoms with E-state index in [0.29, 0.717) is 23.2 Å². The molecular weight excluding hydrogens is 410 g/mol. The Morgan fingerprint density at radius 3 is 2.58 bits per heavy atom. The van der Waals surface area contributed by atoms with E-state index in [1.54, 1.807) is 0 Å². The van der Waals surface area contributed by atoms with Gasteiger partial charge in [0.25, 0.3) is 0 Å². The van der Waals surface area contributed by atoms with Crippen LogP contribution in [0.2, 0.25) is 0 Å². The summed E-state index contributed by atoms with van der Waals surface area (Å²) in [4.78, 5) is 15.0. The lowest BCUT2D eigenvalue weighted by atomic mass is 10.3. The number of rotatable bonds is 9. The van der Waals surface area contributed by atoms with Crippen molar-refractivity contribution in [1.82, 2.24) is 19.7 Å². The normalized spacial score (nSPS) is 14.0. The summed E-state index contributed by atoms with van der Waals surface area (Å²) in [6.07, 6.45) is 2.45. The first kappa shape index (κ1) is 21.4. The van der Waals surface area contributed by atoms with Gasteiger partial charge in [-0.3, -0.25) is 14.3 Å². The number of nitrogens with one attached hydrogen (secondary N) is 1. The third kappa shape index (κ3) is 5.45. The Morgan fingerprint density at radius 1 is 1.06 bits per heavy atom. The van der Waals surface area contributed by atoms with Crippen LogP contribution < -0.4 is 10.1 Å². The Bertz CT molecular complexity index is 1000. The number of carbonyl (C=O) groups excluding carboxylic acids is 1. The zero-order valence-electron chi connectivity index (χ0n) is 17.7. The van der Waals surface area contributed by atoms with Crippen LogP contribution >= 0.6 is 11.8 Å². The largest absolute Gasteiger partial charge is 0.492 e. The van der Waals surface area contributed by atoms with Gasteiger partial charge in [-0.05, 0) is 57.1 Å². The first-order chi connectivity index (χ1) is 15.2. The summed E-state index contributed by atoms with van der Waals surface area (Å²) < 4.78 is 7.65. The van der Waals surface area contributed by atoms with E-state index in [0.717, 1.165) is 31.1 Å². The molecule has 1 aliphatic rings. The SMILES string of the molecule is CCOc1ccccc1NC(=O)CSc1nnc(CN2CCCC2)n1-c1ccccc1. The highest BCUT2D eigenvalue weighted by Crippen LogP contribution is 2.26. The molecule has 0 unspecified atom stereocenters. The predicted molar refractivity (Wildman–Crippen MR) is 123 cm³/mol. The quantitative estimate of drug-likeness (QED) is 0.510. The number of benzene rings is 2. The summed E-state index contributed by atoms with van der Waals surface area (Å²) in [5, 5.41) is 12.5. The highest BCUT2D eigenvalue weighted by molar-refractivity contribution is 7.99. The molecule has 0 atom stereocenters. The van der Waals surface area contributed by atoms with Crippen molar-refractivity contribution in [3.63, 3.8) is 0 Å². The van der Waals surface area contributed by atoms with Crippen molar-refractivity contribution in [2.24, 2.45) is 0 Å². The molecule has 1 fully saturated rings. The fraction of sp³-hybridized carbons (Fsp3) is 0.348. The lowest BCUT2D eigenvalue weighted by Gasteiger charge is -2.16. The van der Waals surface area contributed by atoms with Gasteiger partial charge in [-0.2, -0.15) is 0 Å². The van der Waals surface area contributed by atoms with E-state index in [1.165, 1.54) is 24.6 Å². The van der Waals surface area contributed by atoms with Gasteiger partial charge < -0.3 is 10.1 Å². The van der Waals surface area contributed by atoms with Crippen LogP contribution in [-0.2, 0) is 11.3 Å². The number of amides is 1. The van der Waals surface area contributed by atoms with Crippen LogP contribution in [0.1, 0.15) is 25.6 Å². The number of thioether (sulfide) groups is 1. The van der Waals surface area contributed by atoms with Crippen molar-refractivity contribution < 1.29 is 9.53 Å². The maximum Gasteiger partial charge on any atom is 0.234 e. The molecule has 1 aliphatic heterocycles. The van der Waals surface area contributed by atoms with Gasteiger partial charge in [-0.15, -0.1) is 10.2 Å². The van der Waals surface area contributed by atoms with E-state index < -0.39 is 0 Å². The molecule has 7 nitrogen and oxygen atoms in total. The van der Waals surface area contributed by atoms with Crippen LogP contribution in [0.15, 0.2) is 59.8 Å². The Labute approximate surface area is 186 Å². The molecule has 1 amide bonds. The number of hydrogen-bond donors (Lipinski definition) is 1. The molecule has 1 aromatic heterocycles. The van der Waals surface area contributed by atoms with Gasteiger partial charge in [-0.1, -0.05) is 42.1 Å². The summed E-state index contributed by atoms with van der Waals surface area (Å²) in [5.41, 5.74) is 1.68. The van der Waals surface area contributed by atoms with Crippen LogP contribution in [0.4, 0.5) is 5.69 Å². The molecule has 0 spiro atoms. The van der Waals surface area contributed by atoms with Gasteiger partial charge in [-0.25, -0.2) is 0 Å². The third-order valence-corrected chi connectivity index (χ3v) is 6.00. The topological polar surface area (TPSA) is 72.3 Å². The third-order valence-electron chi connectivity index (χ3n) is 5.07. The number of para-hydroxylation sites is 3. The van der Waals surface area contributed by atoms with Crippen molar-refractivity contribution in [2.45, 2.75) is 31.5 Å². The van der Waals surface area contributed by atoms with E-state index >= 15 is 0 Å². The minimum absolute atomic E-state index is 0.110. The average Bonchev–Trinajstić information content (AvgIpc) is 3.45. The summed E-state index contributed by atoms with van der Waals surface area (Å²) in [5.74, 6) is 1.69. The standard InChI is InChI=1S/C23H27N5O2S/c1-2-30-20-13-7-6-12-19(20)24-22(29)17-31-23-26-25-21(16-27-14-8-9-15-27)28(23)18-10-4-3-5-11-18/h3-7,10-13H,2,8-9,14-17H2,1H3,(H,24,29). The van der Waals surface area contributed by atoms with Crippen LogP contribution in [0.25, 0.3) is 5.69 Å². The number of anilines is 1. The molecule has 4 rings (SSSR count). The van der Waals surface area contributed by atoms with Crippen LogP contribution in [0.5, 0.6) is 5.75 Å². The predicted octanol–water partition coefficient (Wildman–Crippen LogP) is 3.99. The van der Waals surface area contributed by atoms with Crippen molar-refractivity contribution in [1.29, 1.82) is 0 Å². The fourth-order valence-corrected chi connectivity index (χ4v) is 4.41. The van der Waals surface area contributed by atoms with Crippen molar-refractivity contribution in [2.75, 3.05) is 30.8 Å². The fourth-order valence-electron chi connectivity index (χ4n) is 3.64. The maximum atomic E-state index is 12.6. The zero-order chi connectivity index (χ0) is 21.5. The van der Waals surface area contributed by atoms with Gasteiger partial charge in [0.1, 0.15) is 5.75 Å². The van der Waals surface area contributed by atoms with Crippen LogP contribution in [0.3, 0.4) is 0 Å². The molecular formula is C23H27N5O2S. The number of carbonyl (C=O) groups is 1. The smallest absolute Gasteiger partial charge is 0.234 e. The number of aromatic nitrogens is 3. The van der Waals surface area contributed by atoms with Gasteiger partial charge in [0, 0.05) is 5.69 Å². The Morgan fingerprint density at radius 2 is 1.81 bits per heavy atom. The van der Waals surface area contributed by atoms with Crippen molar-refractivity contribution in [3.8, 4) is 11.4 Å². The number of nitrogens with zero attached hydrogens (tertiary/aromatic N) is 4. The summed E-state index contributed by atoms with van der Waals surface area (Å²) in [6.45, 7) is 5.40. The molecule has 162 valence electrons. The molecule has 0 bridgehead atoms. The Balaban J connectivity index is 1.48. The van der Waals surface area contributed by atoms with Crippen molar-refractivity contribution in [3.05, 3.63) is 60.4 Å². The highest BCUT2D eigenvalue weighted by atomic mass is 32.2. The average molecular weight is 438 g/mol. The van der Waals surface area contributed by atoms with E-state index in [9.17, 15) is 4.79 Å². The molecule has 3 aromatic rings. The van der Waals surface area contributed by atoms with Gasteiger partial charge in [0.05, 0.1) is 24.6 Å². The molecule has 0 aliphatic carbocycles. The number of hydrogen-bond acceptors (Lipinski definition) is 6. The van der Waals surface area contributed by atoms with Crippen LogP contribution in [0, 0.1) is 0 Å².